The summed E-state index contributed by atoms with van der Waals surface area (Å²) in [5.74, 6) is 0.0652. The van der Waals surface area contributed by atoms with Crippen LogP contribution in [0.25, 0.3) is 0 Å². The Balaban J connectivity index is 2.41. The topological polar surface area (TPSA) is 46.2 Å². The number of anilines is 1. The summed E-state index contributed by atoms with van der Waals surface area (Å²) in [4.78, 5) is -0.425. The minimum Gasteiger partial charge on any atom is -0.279 e. The maximum atomic E-state index is 12.7. The second-order valence-corrected chi connectivity index (χ2v) is 7.06. The predicted molar refractivity (Wildman–Crippen MR) is 82.8 cm³/mol. The summed E-state index contributed by atoms with van der Waals surface area (Å²) in [6.45, 7) is 3.80. The lowest BCUT2D eigenvalue weighted by Crippen LogP contribution is -2.15. The fourth-order valence-corrected chi connectivity index (χ4v) is 3.27. The second-order valence-electron chi connectivity index (χ2n) is 5.37. The van der Waals surface area contributed by atoms with Gasteiger partial charge in [-0.1, -0.05) is 38.1 Å². The Labute approximate surface area is 133 Å². The fourth-order valence-electron chi connectivity index (χ4n) is 2.14. The van der Waals surface area contributed by atoms with Gasteiger partial charge in [0.1, 0.15) is 0 Å². The number of rotatable bonds is 4. The van der Waals surface area contributed by atoms with Crippen LogP contribution in [0.3, 0.4) is 0 Å². The molecular weight excluding hydrogens is 327 g/mol. The van der Waals surface area contributed by atoms with E-state index in [4.69, 9.17) is 0 Å². The zero-order valence-electron chi connectivity index (χ0n) is 12.6. The first kappa shape index (κ1) is 17.3. The number of para-hydroxylation sites is 1. The van der Waals surface area contributed by atoms with Gasteiger partial charge in [-0.05, 0) is 35.7 Å². The minimum absolute atomic E-state index is 0.0652. The van der Waals surface area contributed by atoms with Gasteiger partial charge in [0.2, 0.25) is 0 Å². The smallest absolute Gasteiger partial charge is 0.279 e. The molecule has 124 valence electrons. The molecule has 2 rings (SSSR count). The van der Waals surface area contributed by atoms with Crippen molar-refractivity contribution in [1.82, 2.24) is 0 Å². The molecule has 0 heterocycles. The van der Waals surface area contributed by atoms with E-state index in [0.29, 0.717) is 11.8 Å². The zero-order valence-corrected chi connectivity index (χ0v) is 13.4. The van der Waals surface area contributed by atoms with Crippen LogP contribution < -0.4 is 4.72 Å². The highest BCUT2D eigenvalue weighted by Crippen LogP contribution is 2.31. The molecule has 3 nitrogen and oxygen atoms in total. The molecule has 0 aliphatic rings. The SMILES string of the molecule is CC(C)c1ccccc1NS(=O)(=O)c1cccc(C(F)(F)F)c1. The number of nitrogens with one attached hydrogen (secondary N) is 1. The van der Waals surface area contributed by atoms with Crippen molar-refractivity contribution in [1.29, 1.82) is 0 Å². The normalized spacial score (nSPS) is 12.4. The molecular formula is C16H16F3NO2S. The van der Waals surface area contributed by atoms with E-state index in [-0.39, 0.29) is 5.92 Å². The van der Waals surface area contributed by atoms with Gasteiger partial charge >= 0.3 is 6.18 Å². The minimum atomic E-state index is -4.60. The van der Waals surface area contributed by atoms with Crippen molar-refractivity contribution < 1.29 is 21.6 Å². The van der Waals surface area contributed by atoms with E-state index in [2.05, 4.69) is 4.72 Å². The molecule has 0 bridgehead atoms. The van der Waals surface area contributed by atoms with Crippen LogP contribution in [-0.4, -0.2) is 8.42 Å². The molecule has 0 unspecified atom stereocenters. The fraction of sp³-hybridized carbons (Fsp3) is 0.250. The quantitative estimate of drug-likeness (QED) is 0.880. The molecule has 0 spiro atoms. The van der Waals surface area contributed by atoms with Crippen molar-refractivity contribution in [3.8, 4) is 0 Å². The summed E-state index contributed by atoms with van der Waals surface area (Å²) in [6, 6.07) is 10.5. The van der Waals surface area contributed by atoms with Gasteiger partial charge in [0.25, 0.3) is 10.0 Å². The first-order valence-corrected chi connectivity index (χ1v) is 8.38. The summed E-state index contributed by atoms with van der Waals surface area (Å²) in [5.41, 5.74) is 0.125. The molecule has 0 aromatic heterocycles. The first-order chi connectivity index (χ1) is 10.6. The van der Waals surface area contributed by atoms with E-state index in [1.54, 1.807) is 24.3 Å². The number of hydrogen-bond donors (Lipinski definition) is 1. The third-order valence-corrected chi connectivity index (χ3v) is 4.66. The van der Waals surface area contributed by atoms with Gasteiger partial charge in [0.15, 0.2) is 0 Å². The first-order valence-electron chi connectivity index (χ1n) is 6.90. The van der Waals surface area contributed by atoms with Crippen LogP contribution in [0.4, 0.5) is 18.9 Å². The maximum absolute atomic E-state index is 12.7. The molecule has 0 fully saturated rings. The van der Waals surface area contributed by atoms with Crippen LogP contribution in [0.2, 0.25) is 0 Å². The molecule has 0 atom stereocenters. The summed E-state index contributed by atoms with van der Waals surface area (Å²) in [7, 11) is -4.10. The van der Waals surface area contributed by atoms with Crippen molar-refractivity contribution in [2.75, 3.05) is 4.72 Å². The maximum Gasteiger partial charge on any atom is 0.416 e. The molecule has 2 aromatic rings. The van der Waals surface area contributed by atoms with Crippen LogP contribution in [0.5, 0.6) is 0 Å². The van der Waals surface area contributed by atoms with Crippen LogP contribution >= 0.6 is 0 Å². The number of benzene rings is 2. The number of sulfonamides is 1. The highest BCUT2D eigenvalue weighted by Gasteiger charge is 2.31. The van der Waals surface area contributed by atoms with Crippen molar-refractivity contribution in [2.45, 2.75) is 30.8 Å². The van der Waals surface area contributed by atoms with E-state index in [0.717, 1.165) is 23.8 Å². The summed E-state index contributed by atoms with van der Waals surface area (Å²) in [5, 5.41) is 0. The van der Waals surface area contributed by atoms with Gasteiger partial charge in [-0.2, -0.15) is 13.2 Å². The summed E-state index contributed by atoms with van der Waals surface area (Å²) in [6.07, 6.45) is -4.60. The largest absolute Gasteiger partial charge is 0.416 e. The van der Waals surface area contributed by atoms with Crippen molar-refractivity contribution in [2.24, 2.45) is 0 Å². The van der Waals surface area contributed by atoms with Crippen LogP contribution in [-0.2, 0) is 16.2 Å². The van der Waals surface area contributed by atoms with E-state index in [1.165, 1.54) is 0 Å². The molecule has 2 aromatic carbocycles. The van der Waals surface area contributed by atoms with Crippen molar-refractivity contribution in [3.63, 3.8) is 0 Å². The molecule has 0 saturated heterocycles. The van der Waals surface area contributed by atoms with E-state index in [1.807, 2.05) is 13.8 Å². The molecule has 0 amide bonds. The lowest BCUT2D eigenvalue weighted by atomic mass is 10.0. The molecule has 0 saturated carbocycles. The van der Waals surface area contributed by atoms with E-state index < -0.39 is 26.7 Å². The van der Waals surface area contributed by atoms with Gasteiger partial charge in [0, 0.05) is 0 Å². The monoisotopic (exact) mass is 343 g/mol. The van der Waals surface area contributed by atoms with Crippen molar-refractivity contribution in [3.05, 3.63) is 59.7 Å². The Kier molecular flexibility index (Phi) is 4.70. The van der Waals surface area contributed by atoms with Gasteiger partial charge in [-0.15, -0.1) is 0 Å². The summed E-state index contributed by atoms with van der Waals surface area (Å²) < 4.78 is 65.3. The number of halogens is 3. The molecule has 0 aliphatic heterocycles. The van der Waals surface area contributed by atoms with E-state index in [9.17, 15) is 21.6 Å². The highest BCUT2D eigenvalue weighted by molar-refractivity contribution is 7.92. The average Bonchev–Trinajstić information content (AvgIpc) is 2.46. The average molecular weight is 343 g/mol. The predicted octanol–water partition coefficient (Wildman–Crippen LogP) is 4.63. The molecule has 23 heavy (non-hydrogen) atoms. The lowest BCUT2D eigenvalue weighted by molar-refractivity contribution is -0.137. The Hall–Kier alpha value is -2.02. The summed E-state index contributed by atoms with van der Waals surface area (Å²) >= 11 is 0. The van der Waals surface area contributed by atoms with Crippen LogP contribution in [0.1, 0.15) is 30.9 Å². The van der Waals surface area contributed by atoms with Gasteiger partial charge < -0.3 is 0 Å². The molecule has 0 aliphatic carbocycles. The van der Waals surface area contributed by atoms with Crippen molar-refractivity contribution >= 4 is 15.7 Å². The third kappa shape index (κ3) is 4.04. The standard InChI is InChI=1S/C16H16F3NO2S/c1-11(2)14-8-3-4-9-15(14)20-23(21,22)13-7-5-6-12(10-13)16(17,18)19/h3-11,20H,1-2H3. The number of alkyl halides is 3. The Morgan fingerprint density at radius 3 is 2.26 bits per heavy atom. The zero-order chi connectivity index (χ0) is 17.3. The van der Waals surface area contributed by atoms with Gasteiger partial charge in [-0.3, -0.25) is 4.72 Å². The van der Waals surface area contributed by atoms with Crippen LogP contribution in [0, 0.1) is 0 Å². The molecule has 7 heteroatoms. The van der Waals surface area contributed by atoms with Gasteiger partial charge in [-0.25, -0.2) is 8.42 Å². The Morgan fingerprint density at radius 1 is 1.00 bits per heavy atom. The Bertz CT molecular complexity index is 799. The van der Waals surface area contributed by atoms with E-state index >= 15 is 0 Å². The third-order valence-electron chi connectivity index (χ3n) is 3.30. The van der Waals surface area contributed by atoms with Crippen LogP contribution in [0.15, 0.2) is 53.4 Å². The Morgan fingerprint density at radius 2 is 1.65 bits per heavy atom. The van der Waals surface area contributed by atoms with Gasteiger partial charge in [0.05, 0.1) is 16.1 Å². The molecule has 1 N–H and O–H groups in total. The number of hydrogen-bond acceptors (Lipinski definition) is 2. The lowest BCUT2D eigenvalue weighted by Gasteiger charge is -2.15. The molecule has 0 radical (unpaired) electrons. The second kappa shape index (κ2) is 6.23. The highest BCUT2D eigenvalue weighted by atomic mass is 32.2.